The average Bonchev–Trinajstić information content (AvgIpc) is 1.86. The molecule has 1 aliphatic heterocycles. The first-order chi connectivity index (χ1) is 4.97. The average molecular weight is 133 g/mol. The van der Waals surface area contributed by atoms with Crippen molar-refractivity contribution < 1.29 is 4.74 Å². The summed E-state index contributed by atoms with van der Waals surface area (Å²) < 4.78 is 5.08. The van der Waals surface area contributed by atoms with Gasteiger partial charge in [-0.2, -0.15) is 0 Å². The van der Waals surface area contributed by atoms with Gasteiger partial charge in [0.1, 0.15) is 0 Å². The first-order valence-electron chi connectivity index (χ1n) is 3.50. The van der Waals surface area contributed by atoms with Crippen LogP contribution in [0.2, 0.25) is 0 Å². The molecule has 1 aromatic rings. The lowest BCUT2D eigenvalue weighted by Crippen LogP contribution is -2.24. The highest BCUT2D eigenvalue weighted by Gasteiger charge is 2.19. The molecule has 1 saturated heterocycles. The van der Waals surface area contributed by atoms with Crippen molar-refractivity contribution in [2.45, 2.75) is 5.92 Å². The van der Waals surface area contributed by atoms with E-state index in [-0.39, 0.29) is 0 Å². The van der Waals surface area contributed by atoms with E-state index >= 15 is 0 Å². The number of ether oxygens (including phenoxy) is 1. The number of benzene rings is 1. The predicted octanol–water partition coefficient (Wildman–Crippen LogP) is 1.60. The second-order valence-corrected chi connectivity index (χ2v) is 2.57. The van der Waals surface area contributed by atoms with E-state index in [1.54, 1.807) is 0 Å². The van der Waals surface area contributed by atoms with Gasteiger partial charge in [-0.3, -0.25) is 0 Å². The topological polar surface area (TPSA) is 9.23 Å². The largest absolute Gasteiger partial charge is 0.380 e. The molecule has 0 unspecified atom stereocenters. The maximum atomic E-state index is 5.08. The zero-order valence-corrected chi connectivity index (χ0v) is 5.71. The first-order valence-corrected chi connectivity index (χ1v) is 3.50. The van der Waals surface area contributed by atoms with E-state index in [4.69, 9.17) is 4.74 Å². The lowest BCUT2D eigenvalue weighted by atomic mass is 9.98. The normalized spacial score (nSPS) is 18.4. The quantitative estimate of drug-likeness (QED) is 0.565. The van der Waals surface area contributed by atoms with Crippen LogP contribution < -0.4 is 0 Å². The van der Waals surface area contributed by atoms with Crippen LogP contribution in [0, 0.1) is 6.07 Å². The van der Waals surface area contributed by atoms with E-state index in [9.17, 15) is 0 Å². The molecule has 1 nitrogen and oxygen atoms in total. The summed E-state index contributed by atoms with van der Waals surface area (Å²) in [5.74, 6) is 0.637. The van der Waals surface area contributed by atoms with Crippen molar-refractivity contribution in [1.29, 1.82) is 0 Å². The van der Waals surface area contributed by atoms with Gasteiger partial charge in [-0.1, -0.05) is 24.3 Å². The molecule has 0 bridgehead atoms. The van der Waals surface area contributed by atoms with E-state index in [0.717, 1.165) is 13.2 Å². The minimum absolute atomic E-state index is 0.637. The Balaban J connectivity index is 2.18. The van der Waals surface area contributed by atoms with E-state index < -0.39 is 0 Å². The van der Waals surface area contributed by atoms with Gasteiger partial charge in [0.2, 0.25) is 0 Å². The van der Waals surface area contributed by atoms with Gasteiger partial charge in [0.25, 0.3) is 0 Å². The maximum Gasteiger partial charge on any atom is 0.0557 e. The Kier molecular flexibility index (Phi) is 1.44. The molecule has 10 heavy (non-hydrogen) atoms. The van der Waals surface area contributed by atoms with Crippen LogP contribution in [-0.4, -0.2) is 13.2 Å². The molecule has 0 atom stereocenters. The molecule has 51 valence electrons. The Bertz CT molecular complexity index is 201. The monoisotopic (exact) mass is 133 g/mol. The zero-order valence-electron chi connectivity index (χ0n) is 5.71. The van der Waals surface area contributed by atoms with Crippen molar-refractivity contribution >= 4 is 0 Å². The second-order valence-electron chi connectivity index (χ2n) is 2.57. The molecule has 2 rings (SSSR count). The van der Waals surface area contributed by atoms with Crippen molar-refractivity contribution in [2.24, 2.45) is 0 Å². The molecule has 1 heteroatoms. The Morgan fingerprint density at radius 1 is 1.50 bits per heavy atom. The van der Waals surface area contributed by atoms with Crippen LogP contribution >= 0.6 is 0 Å². The Morgan fingerprint density at radius 3 is 2.90 bits per heavy atom. The number of rotatable bonds is 1. The fourth-order valence-electron chi connectivity index (χ4n) is 1.09. The lowest BCUT2D eigenvalue weighted by molar-refractivity contribution is 0.00841. The summed E-state index contributed by atoms with van der Waals surface area (Å²) in [7, 11) is 0. The second kappa shape index (κ2) is 2.43. The zero-order chi connectivity index (χ0) is 6.81. The molecule has 0 saturated carbocycles. The van der Waals surface area contributed by atoms with Crippen LogP contribution in [0.3, 0.4) is 0 Å². The molecular formula is C9H9O. The van der Waals surface area contributed by atoms with Crippen molar-refractivity contribution in [2.75, 3.05) is 13.2 Å². The summed E-state index contributed by atoms with van der Waals surface area (Å²) in [6.45, 7) is 1.77. The SMILES string of the molecule is [c]1cccc(C2COC2)c1. The van der Waals surface area contributed by atoms with Crippen LogP contribution in [0.4, 0.5) is 0 Å². The predicted molar refractivity (Wildman–Crippen MR) is 38.8 cm³/mol. The fourth-order valence-corrected chi connectivity index (χ4v) is 1.09. The van der Waals surface area contributed by atoms with Gasteiger partial charge >= 0.3 is 0 Å². The molecule has 0 aromatic heterocycles. The molecule has 1 radical (unpaired) electrons. The van der Waals surface area contributed by atoms with E-state index in [1.165, 1.54) is 5.56 Å². The maximum absolute atomic E-state index is 5.08. The molecule has 0 N–H and O–H groups in total. The summed E-state index contributed by atoms with van der Waals surface area (Å²) in [5.41, 5.74) is 1.36. The van der Waals surface area contributed by atoms with Crippen molar-refractivity contribution in [3.05, 3.63) is 35.9 Å². The van der Waals surface area contributed by atoms with Crippen LogP contribution in [0.15, 0.2) is 24.3 Å². The minimum atomic E-state index is 0.637. The molecule has 1 fully saturated rings. The smallest absolute Gasteiger partial charge is 0.0557 e. The third-order valence-corrected chi connectivity index (χ3v) is 1.84. The molecule has 1 heterocycles. The third-order valence-electron chi connectivity index (χ3n) is 1.84. The van der Waals surface area contributed by atoms with Gasteiger partial charge in [0.15, 0.2) is 0 Å². The van der Waals surface area contributed by atoms with Gasteiger partial charge in [-0.05, 0) is 11.6 Å². The molecular weight excluding hydrogens is 124 g/mol. The summed E-state index contributed by atoms with van der Waals surface area (Å²) in [4.78, 5) is 0. The van der Waals surface area contributed by atoms with Crippen LogP contribution in [0.5, 0.6) is 0 Å². The van der Waals surface area contributed by atoms with Gasteiger partial charge < -0.3 is 4.74 Å². The molecule has 1 aromatic carbocycles. The molecule has 1 aliphatic rings. The number of hydrogen-bond donors (Lipinski definition) is 0. The third kappa shape index (κ3) is 0.929. The van der Waals surface area contributed by atoms with Gasteiger partial charge in [-0.15, -0.1) is 0 Å². The van der Waals surface area contributed by atoms with Gasteiger partial charge in [0, 0.05) is 5.92 Å². The van der Waals surface area contributed by atoms with E-state index in [1.807, 2.05) is 18.2 Å². The van der Waals surface area contributed by atoms with Crippen LogP contribution in [0.1, 0.15) is 11.5 Å². The van der Waals surface area contributed by atoms with Crippen molar-refractivity contribution in [3.63, 3.8) is 0 Å². The van der Waals surface area contributed by atoms with E-state index in [0.29, 0.717) is 5.92 Å². The lowest BCUT2D eigenvalue weighted by Gasteiger charge is -2.25. The Morgan fingerprint density at radius 2 is 2.40 bits per heavy atom. The van der Waals surface area contributed by atoms with E-state index in [2.05, 4.69) is 12.1 Å². The van der Waals surface area contributed by atoms with Gasteiger partial charge in [-0.25, -0.2) is 0 Å². The summed E-state index contributed by atoms with van der Waals surface area (Å²) in [6, 6.07) is 11.2. The van der Waals surface area contributed by atoms with Gasteiger partial charge in [0.05, 0.1) is 13.2 Å². The first kappa shape index (κ1) is 5.93. The highest BCUT2D eigenvalue weighted by Crippen LogP contribution is 2.22. The summed E-state index contributed by atoms with van der Waals surface area (Å²) in [6.07, 6.45) is 0. The number of hydrogen-bond acceptors (Lipinski definition) is 1. The van der Waals surface area contributed by atoms with Crippen LogP contribution in [-0.2, 0) is 4.74 Å². The molecule has 0 amide bonds. The standard InChI is InChI=1S/C9H9O/c1-2-4-8(5-3-1)9-6-10-7-9/h1-2,4-5,9H,6-7H2. The molecule has 0 spiro atoms. The fraction of sp³-hybridized carbons (Fsp3) is 0.333. The van der Waals surface area contributed by atoms with Crippen molar-refractivity contribution in [1.82, 2.24) is 0 Å². The summed E-state index contributed by atoms with van der Waals surface area (Å²) >= 11 is 0. The Labute approximate surface area is 60.6 Å². The summed E-state index contributed by atoms with van der Waals surface area (Å²) in [5, 5.41) is 0. The highest BCUT2D eigenvalue weighted by molar-refractivity contribution is 5.20. The van der Waals surface area contributed by atoms with Crippen molar-refractivity contribution in [3.8, 4) is 0 Å². The Hall–Kier alpha value is -0.820. The van der Waals surface area contributed by atoms with Crippen LogP contribution in [0.25, 0.3) is 0 Å². The minimum Gasteiger partial charge on any atom is -0.380 e. The molecule has 0 aliphatic carbocycles. The highest BCUT2D eigenvalue weighted by atomic mass is 16.5.